The lowest BCUT2D eigenvalue weighted by Crippen LogP contribution is -2.47. The van der Waals surface area contributed by atoms with E-state index >= 15 is 0 Å². The number of halogens is 1. The van der Waals surface area contributed by atoms with Gasteiger partial charge in [0, 0.05) is 39.9 Å². The number of nitrogens with zero attached hydrogens (tertiary/aromatic N) is 2. The van der Waals surface area contributed by atoms with Crippen LogP contribution in [0.2, 0.25) is 0 Å². The van der Waals surface area contributed by atoms with Crippen molar-refractivity contribution in [3.05, 3.63) is 20.8 Å². The zero-order chi connectivity index (χ0) is 15.4. The average Bonchev–Trinajstić information content (AvgIpc) is 2.80. The Morgan fingerprint density at radius 3 is 2.76 bits per heavy atom. The zero-order valence-corrected chi connectivity index (χ0v) is 15.8. The fraction of sp³-hybridized carbons (Fsp3) is 0.750. The molecule has 0 aliphatic carbocycles. The largest absolute Gasteiger partial charge is 0.326 e. The van der Waals surface area contributed by atoms with E-state index in [2.05, 4.69) is 58.1 Å². The molecule has 3 nitrogen and oxygen atoms in total. The van der Waals surface area contributed by atoms with Gasteiger partial charge in [0.05, 0.1) is 6.04 Å². The van der Waals surface area contributed by atoms with Crippen LogP contribution in [-0.4, -0.2) is 48.6 Å². The molecule has 0 radical (unpaired) electrons. The number of hydrogen-bond donors (Lipinski definition) is 1. The van der Waals surface area contributed by atoms with Gasteiger partial charge in [0.15, 0.2) is 0 Å². The highest BCUT2D eigenvalue weighted by Gasteiger charge is 2.33. The van der Waals surface area contributed by atoms with Gasteiger partial charge in [0.2, 0.25) is 0 Å². The average molecular weight is 374 g/mol. The van der Waals surface area contributed by atoms with Crippen molar-refractivity contribution in [3.63, 3.8) is 0 Å². The minimum absolute atomic E-state index is 0.202. The molecule has 1 aromatic heterocycles. The van der Waals surface area contributed by atoms with Gasteiger partial charge in [-0.1, -0.05) is 13.8 Å². The monoisotopic (exact) mass is 373 g/mol. The van der Waals surface area contributed by atoms with Gasteiger partial charge in [0.1, 0.15) is 0 Å². The first-order valence-corrected chi connectivity index (χ1v) is 9.67. The molecule has 0 saturated carbocycles. The molecule has 120 valence electrons. The molecule has 1 aromatic rings. The maximum Gasteiger partial charge on any atom is 0.0596 e. The van der Waals surface area contributed by atoms with E-state index in [0.717, 1.165) is 19.5 Å². The minimum atomic E-state index is 0.202. The van der Waals surface area contributed by atoms with E-state index in [4.69, 9.17) is 5.73 Å². The number of hydrogen-bond acceptors (Lipinski definition) is 4. The summed E-state index contributed by atoms with van der Waals surface area (Å²) in [7, 11) is 2.24. The van der Waals surface area contributed by atoms with Crippen LogP contribution in [0, 0.1) is 0 Å². The zero-order valence-electron chi connectivity index (χ0n) is 13.4. The molecule has 21 heavy (non-hydrogen) atoms. The van der Waals surface area contributed by atoms with Crippen molar-refractivity contribution in [2.24, 2.45) is 5.73 Å². The molecule has 3 unspecified atom stereocenters. The fourth-order valence-electron chi connectivity index (χ4n) is 3.32. The Morgan fingerprint density at radius 2 is 2.19 bits per heavy atom. The summed E-state index contributed by atoms with van der Waals surface area (Å²) in [4.78, 5) is 6.54. The summed E-state index contributed by atoms with van der Waals surface area (Å²) in [6.07, 6.45) is 3.43. The first-order chi connectivity index (χ1) is 10.1. The maximum absolute atomic E-state index is 6.53. The third-order valence-corrected chi connectivity index (χ3v) is 6.30. The van der Waals surface area contributed by atoms with E-state index < -0.39 is 0 Å². The minimum Gasteiger partial charge on any atom is -0.326 e. The highest BCUT2D eigenvalue weighted by molar-refractivity contribution is 9.10. The van der Waals surface area contributed by atoms with E-state index in [1.165, 1.54) is 28.7 Å². The van der Waals surface area contributed by atoms with E-state index in [9.17, 15) is 0 Å². The standard InChI is InChI=1S/C16H28BrN3S/c1-4-13-10-19(3)7-6-8-20(13)16(14(18)5-2)15-9-12(17)11-21-15/h9,11,13-14,16H,4-8,10,18H2,1-3H3. The van der Waals surface area contributed by atoms with Crippen molar-refractivity contribution in [1.29, 1.82) is 0 Å². The lowest BCUT2D eigenvalue weighted by molar-refractivity contribution is 0.111. The lowest BCUT2D eigenvalue weighted by atomic mass is 9.99. The van der Waals surface area contributed by atoms with E-state index in [1.54, 1.807) is 0 Å². The van der Waals surface area contributed by atoms with Crippen molar-refractivity contribution in [2.45, 2.75) is 51.2 Å². The molecule has 1 aliphatic heterocycles. The second-order valence-corrected chi connectivity index (χ2v) is 7.96. The molecular weight excluding hydrogens is 346 g/mol. The van der Waals surface area contributed by atoms with Crippen molar-refractivity contribution in [3.8, 4) is 0 Å². The molecule has 2 heterocycles. The molecule has 0 aromatic carbocycles. The van der Waals surface area contributed by atoms with E-state index in [1.807, 2.05) is 11.3 Å². The Morgan fingerprint density at radius 1 is 1.43 bits per heavy atom. The van der Waals surface area contributed by atoms with E-state index in [-0.39, 0.29) is 6.04 Å². The van der Waals surface area contributed by atoms with Gasteiger partial charge in [0.25, 0.3) is 0 Å². The van der Waals surface area contributed by atoms with Crippen LogP contribution in [0.3, 0.4) is 0 Å². The molecule has 2 rings (SSSR count). The molecule has 5 heteroatoms. The Balaban J connectivity index is 2.29. The van der Waals surface area contributed by atoms with Crippen LogP contribution in [0.4, 0.5) is 0 Å². The molecule has 1 saturated heterocycles. The lowest BCUT2D eigenvalue weighted by Gasteiger charge is -2.39. The van der Waals surface area contributed by atoms with Crippen molar-refractivity contribution in [2.75, 3.05) is 26.7 Å². The van der Waals surface area contributed by atoms with Gasteiger partial charge in [-0.2, -0.15) is 0 Å². The second kappa shape index (κ2) is 8.06. The third kappa shape index (κ3) is 4.29. The van der Waals surface area contributed by atoms with Crippen molar-refractivity contribution in [1.82, 2.24) is 9.80 Å². The summed E-state index contributed by atoms with van der Waals surface area (Å²) in [5.41, 5.74) is 6.53. The van der Waals surface area contributed by atoms with Crippen LogP contribution in [-0.2, 0) is 0 Å². The molecule has 0 bridgehead atoms. The molecule has 2 N–H and O–H groups in total. The molecule has 1 aliphatic rings. The van der Waals surface area contributed by atoms with Crippen LogP contribution < -0.4 is 5.73 Å². The summed E-state index contributed by atoms with van der Waals surface area (Å²) in [6, 6.07) is 3.41. The summed E-state index contributed by atoms with van der Waals surface area (Å²) in [6.45, 7) is 7.99. The predicted molar refractivity (Wildman–Crippen MR) is 95.9 cm³/mol. The molecule has 0 spiro atoms. The molecule has 3 atom stereocenters. The van der Waals surface area contributed by atoms with Crippen LogP contribution in [0.25, 0.3) is 0 Å². The second-order valence-electron chi connectivity index (χ2n) is 6.10. The van der Waals surface area contributed by atoms with Crippen LogP contribution in [0.1, 0.15) is 44.0 Å². The Hall–Kier alpha value is 0.0600. The van der Waals surface area contributed by atoms with Gasteiger partial charge < -0.3 is 10.6 Å². The highest BCUT2D eigenvalue weighted by Crippen LogP contribution is 2.34. The van der Waals surface area contributed by atoms with Gasteiger partial charge in [-0.25, -0.2) is 0 Å². The number of nitrogens with two attached hydrogens (primary N) is 1. The topological polar surface area (TPSA) is 32.5 Å². The number of likely N-dealkylation sites (N-methyl/N-ethyl adjacent to an activating group) is 1. The van der Waals surface area contributed by atoms with Gasteiger partial charge in [-0.3, -0.25) is 4.90 Å². The van der Waals surface area contributed by atoms with E-state index in [0.29, 0.717) is 12.1 Å². The third-order valence-electron chi connectivity index (χ3n) is 4.53. The summed E-state index contributed by atoms with van der Waals surface area (Å²) < 4.78 is 1.18. The predicted octanol–water partition coefficient (Wildman–Crippen LogP) is 3.71. The first-order valence-electron chi connectivity index (χ1n) is 8.00. The number of thiophene rings is 1. The smallest absolute Gasteiger partial charge is 0.0596 e. The highest BCUT2D eigenvalue weighted by atomic mass is 79.9. The molecular formula is C16H28BrN3S. The van der Waals surface area contributed by atoms with Crippen LogP contribution >= 0.6 is 27.3 Å². The quantitative estimate of drug-likeness (QED) is 0.853. The fourth-order valence-corrected chi connectivity index (χ4v) is 4.96. The van der Waals surface area contributed by atoms with Crippen molar-refractivity contribution < 1.29 is 0 Å². The van der Waals surface area contributed by atoms with Crippen LogP contribution in [0.5, 0.6) is 0 Å². The van der Waals surface area contributed by atoms with Gasteiger partial charge >= 0.3 is 0 Å². The van der Waals surface area contributed by atoms with Crippen molar-refractivity contribution >= 4 is 27.3 Å². The summed E-state index contributed by atoms with van der Waals surface area (Å²) in [5, 5.41) is 2.18. The Labute approximate surface area is 141 Å². The van der Waals surface area contributed by atoms with Gasteiger partial charge in [-0.15, -0.1) is 11.3 Å². The Bertz CT molecular complexity index is 437. The van der Waals surface area contributed by atoms with Gasteiger partial charge in [-0.05, 0) is 54.9 Å². The summed E-state index contributed by atoms with van der Waals surface area (Å²) in [5.74, 6) is 0. The maximum atomic E-state index is 6.53. The summed E-state index contributed by atoms with van der Waals surface area (Å²) >= 11 is 5.43. The first kappa shape index (κ1) is 17.4. The number of rotatable bonds is 5. The normalized spacial score (nSPS) is 24.7. The Kier molecular flexibility index (Phi) is 6.69. The van der Waals surface area contributed by atoms with Crippen LogP contribution in [0.15, 0.2) is 15.9 Å². The molecule has 0 amide bonds. The SMILES string of the molecule is CCC(N)C(c1cc(Br)cs1)N1CCCN(C)CC1CC. The molecule has 1 fully saturated rings.